The summed E-state index contributed by atoms with van der Waals surface area (Å²) < 4.78 is 39.3. The minimum atomic E-state index is -4.25. The minimum absolute atomic E-state index is 0.431. The van der Waals surface area contributed by atoms with Crippen molar-refractivity contribution in [1.29, 1.82) is 0 Å². The van der Waals surface area contributed by atoms with E-state index >= 15 is 0 Å². The Balaban J connectivity index is 1.52. The van der Waals surface area contributed by atoms with Crippen LogP contribution in [0.3, 0.4) is 0 Å². The first kappa shape index (κ1) is 17.5. The van der Waals surface area contributed by atoms with Crippen molar-refractivity contribution in [3.8, 4) is 0 Å². The Labute approximate surface area is 141 Å². The Morgan fingerprint density at radius 3 is 2.33 bits per heavy atom. The van der Waals surface area contributed by atoms with E-state index in [9.17, 15) is 13.2 Å². The van der Waals surface area contributed by atoms with Gasteiger partial charge < -0.3 is 9.80 Å². The number of allylic oxidation sites excluding steroid dienone is 2. The van der Waals surface area contributed by atoms with Gasteiger partial charge in [0.1, 0.15) is 32.7 Å². The number of nitrogens with one attached hydrogen (secondary N) is 2. The third-order valence-corrected chi connectivity index (χ3v) is 5.38. The summed E-state index contributed by atoms with van der Waals surface area (Å²) in [7, 11) is 0. The van der Waals surface area contributed by atoms with Crippen LogP contribution in [0.25, 0.3) is 0 Å². The lowest BCUT2D eigenvalue weighted by Gasteiger charge is -2.32. The van der Waals surface area contributed by atoms with Crippen LogP contribution in [-0.4, -0.2) is 32.7 Å². The topological polar surface area (TPSA) is 8.88 Å². The fourth-order valence-corrected chi connectivity index (χ4v) is 4.01. The zero-order valence-electron chi connectivity index (χ0n) is 14.0. The quantitative estimate of drug-likeness (QED) is 0.766. The molecule has 0 amide bonds. The number of benzene rings is 1. The van der Waals surface area contributed by atoms with Crippen LogP contribution in [0.2, 0.25) is 0 Å². The summed E-state index contributed by atoms with van der Waals surface area (Å²) in [5, 5.41) is 0. The molecule has 1 heterocycles. The van der Waals surface area contributed by atoms with Crippen molar-refractivity contribution in [2.45, 2.75) is 32.0 Å². The van der Waals surface area contributed by atoms with Gasteiger partial charge in [0.2, 0.25) is 0 Å². The van der Waals surface area contributed by atoms with Gasteiger partial charge in [-0.25, -0.2) is 0 Å². The van der Waals surface area contributed by atoms with E-state index in [4.69, 9.17) is 0 Å². The Morgan fingerprint density at radius 2 is 1.67 bits per heavy atom. The predicted octanol–water partition coefficient (Wildman–Crippen LogP) is 1.35. The minimum Gasteiger partial charge on any atom is -0.325 e. The average molecular weight is 340 g/mol. The highest BCUT2D eigenvalue weighted by Gasteiger charge is 2.34. The van der Waals surface area contributed by atoms with Gasteiger partial charge in [0, 0.05) is 11.5 Å². The average Bonchev–Trinajstić information content (AvgIpc) is 2.57. The molecule has 2 nitrogen and oxygen atoms in total. The molecular weight excluding hydrogens is 313 g/mol. The molecular formula is C19H27F3N2+2. The number of hydrogen-bond acceptors (Lipinski definition) is 0. The summed E-state index contributed by atoms with van der Waals surface area (Å²) in [6, 6.07) is 6.01. The molecule has 3 rings (SSSR count). The van der Waals surface area contributed by atoms with Crippen LogP contribution in [0.5, 0.6) is 0 Å². The van der Waals surface area contributed by atoms with Crippen molar-refractivity contribution in [3.63, 3.8) is 0 Å². The lowest BCUT2D eigenvalue weighted by atomic mass is 9.94. The third-order valence-electron chi connectivity index (χ3n) is 5.38. The normalized spacial score (nSPS) is 28.0. The van der Waals surface area contributed by atoms with Gasteiger partial charge in [0.15, 0.2) is 0 Å². The van der Waals surface area contributed by atoms with Gasteiger partial charge in [-0.05, 0) is 25.3 Å². The van der Waals surface area contributed by atoms with Crippen molar-refractivity contribution in [2.24, 2.45) is 5.92 Å². The largest absolute Gasteiger partial charge is 0.416 e. The van der Waals surface area contributed by atoms with Crippen LogP contribution < -0.4 is 9.80 Å². The molecule has 1 atom stereocenters. The smallest absolute Gasteiger partial charge is 0.325 e. The molecule has 1 aromatic rings. The van der Waals surface area contributed by atoms with Crippen LogP contribution in [0.15, 0.2) is 36.4 Å². The van der Waals surface area contributed by atoms with Crippen molar-refractivity contribution in [2.75, 3.05) is 32.7 Å². The van der Waals surface area contributed by atoms with Crippen LogP contribution in [0.4, 0.5) is 13.2 Å². The van der Waals surface area contributed by atoms with Gasteiger partial charge in [-0.15, -0.1) is 0 Å². The zero-order chi connectivity index (χ0) is 17.0. The SMILES string of the molecule is FC(F)(F)c1ccccc1C[NH+]1CC[NH+](C[C@@H]2CC=CCC2)CC1. The summed E-state index contributed by atoms with van der Waals surface area (Å²) in [4.78, 5) is 2.90. The van der Waals surface area contributed by atoms with Crippen molar-refractivity contribution in [1.82, 2.24) is 0 Å². The monoisotopic (exact) mass is 340 g/mol. The maximum Gasteiger partial charge on any atom is 0.416 e. The fourth-order valence-electron chi connectivity index (χ4n) is 4.01. The molecule has 5 heteroatoms. The summed E-state index contributed by atoms with van der Waals surface area (Å²) in [5.74, 6) is 0.789. The summed E-state index contributed by atoms with van der Waals surface area (Å²) in [5.41, 5.74) is -0.0397. The van der Waals surface area contributed by atoms with E-state index in [1.54, 1.807) is 17.0 Å². The van der Waals surface area contributed by atoms with Gasteiger partial charge in [0.25, 0.3) is 0 Å². The van der Waals surface area contributed by atoms with Gasteiger partial charge in [-0.2, -0.15) is 13.2 Å². The highest BCUT2D eigenvalue weighted by Crippen LogP contribution is 2.31. The van der Waals surface area contributed by atoms with Crippen LogP contribution >= 0.6 is 0 Å². The predicted molar refractivity (Wildman–Crippen MR) is 87.9 cm³/mol. The molecule has 1 saturated heterocycles. The first-order valence-electron chi connectivity index (χ1n) is 8.99. The molecule has 24 heavy (non-hydrogen) atoms. The molecule has 0 bridgehead atoms. The summed E-state index contributed by atoms with van der Waals surface area (Å²) in [6.07, 6.45) is 3.99. The van der Waals surface area contributed by atoms with Crippen LogP contribution in [0.1, 0.15) is 30.4 Å². The number of quaternary nitrogens is 2. The molecule has 0 unspecified atom stereocenters. The second-order valence-corrected chi connectivity index (χ2v) is 7.19. The molecule has 1 aliphatic carbocycles. The second kappa shape index (κ2) is 7.70. The van der Waals surface area contributed by atoms with Crippen LogP contribution in [-0.2, 0) is 12.7 Å². The molecule has 2 N–H and O–H groups in total. The molecule has 1 aromatic carbocycles. The number of piperazine rings is 1. The Bertz CT molecular complexity index is 560. The van der Waals surface area contributed by atoms with E-state index in [0.29, 0.717) is 12.1 Å². The maximum atomic E-state index is 13.1. The molecule has 0 aromatic heterocycles. The molecule has 1 aliphatic heterocycles. The number of rotatable bonds is 4. The first-order valence-corrected chi connectivity index (χ1v) is 8.99. The fraction of sp³-hybridized carbons (Fsp3) is 0.579. The van der Waals surface area contributed by atoms with Crippen molar-refractivity contribution in [3.05, 3.63) is 47.5 Å². The highest BCUT2D eigenvalue weighted by molar-refractivity contribution is 5.28. The van der Waals surface area contributed by atoms with E-state index in [1.807, 2.05) is 0 Å². The summed E-state index contributed by atoms with van der Waals surface area (Å²) in [6.45, 7) is 5.77. The molecule has 0 saturated carbocycles. The third kappa shape index (κ3) is 4.61. The molecule has 0 radical (unpaired) electrons. The number of hydrogen-bond donors (Lipinski definition) is 2. The Hall–Kier alpha value is -1.33. The molecule has 132 valence electrons. The van der Waals surface area contributed by atoms with E-state index in [1.165, 1.54) is 42.8 Å². The Morgan fingerprint density at radius 1 is 0.958 bits per heavy atom. The molecule has 1 fully saturated rings. The summed E-state index contributed by atoms with van der Waals surface area (Å²) >= 11 is 0. The lowest BCUT2D eigenvalue weighted by molar-refractivity contribution is -1.02. The van der Waals surface area contributed by atoms with E-state index in [-0.39, 0.29) is 0 Å². The maximum absolute atomic E-state index is 13.1. The van der Waals surface area contributed by atoms with E-state index in [0.717, 1.165) is 32.1 Å². The van der Waals surface area contributed by atoms with Crippen molar-refractivity contribution < 1.29 is 23.0 Å². The van der Waals surface area contributed by atoms with Gasteiger partial charge in [0.05, 0.1) is 12.1 Å². The van der Waals surface area contributed by atoms with Gasteiger partial charge in [-0.3, -0.25) is 0 Å². The molecule has 0 spiro atoms. The van der Waals surface area contributed by atoms with E-state index < -0.39 is 11.7 Å². The van der Waals surface area contributed by atoms with Gasteiger partial charge in [-0.1, -0.05) is 30.4 Å². The standard InChI is InChI=1S/C19H25F3N2/c20-19(21,22)18-9-5-4-8-17(18)15-24-12-10-23(11-13-24)14-16-6-2-1-3-7-16/h1-2,4-5,8-9,16H,3,6-7,10-15H2/p+2/t16-/m1/s1. The van der Waals surface area contributed by atoms with Crippen LogP contribution in [0, 0.1) is 5.92 Å². The number of halogens is 3. The first-order chi connectivity index (χ1) is 11.5. The van der Waals surface area contributed by atoms with Gasteiger partial charge >= 0.3 is 6.18 Å². The lowest BCUT2D eigenvalue weighted by Crippen LogP contribution is -3.27. The van der Waals surface area contributed by atoms with Crippen molar-refractivity contribution >= 4 is 0 Å². The second-order valence-electron chi connectivity index (χ2n) is 7.19. The Kier molecular flexibility index (Phi) is 5.61. The van der Waals surface area contributed by atoms with E-state index in [2.05, 4.69) is 12.2 Å². The highest BCUT2D eigenvalue weighted by atomic mass is 19.4. The number of alkyl halides is 3. The molecule has 2 aliphatic rings. The zero-order valence-corrected chi connectivity index (χ0v) is 14.0.